The molecule has 5 aliphatic rings. The van der Waals surface area contributed by atoms with Gasteiger partial charge in [0.2, 0.25) is 0 Å². The number of fused-ring (bicyclic) bond motifs is 18. The highest BCUT2D eigenvalue weighted by atomic mass is 16.3. The van der Waals surface area contributed by atoms with Crippen LogP contribution in [0.4, 0.5) is 17.1 Å². The lowest BCUT2D eigenvalue weighted by molar-refractivity contribution is 0.546. The lowest BCUT2D eigenvalue weighted by Gasteiger charge is -2.36. The summed E-state index contributed by atoms with van der Waals surface area (Å²) in [6.45, 7) is 4.00. The number of hydrogen-bond donors (Lipinski definition) is 0. The molecule has 350 valence electrons. The van der Waals surface area contributed by atoms with E-state index in [2.05, 4.69) is 205 Å². The van der Waals surface area contributed by atoms with Crippen molar-refractivity contribution in [3.05, 3.63) is 239 Å². The van der Waals surface area contributed by atoms with Gasteiger partial charge in [-0.25, -0.2) is 0 Å². The normalized spacial score (nSPS) is 16.7. The van der Waals surface area contributed by atoms with E-state index < -0.39 is 5.41 Å². The van der Waals surface area contributed by atoms with Crippen LogP contribution >= 0.6 is 0 Å². The van der Waals surface area contributed by atoms with Crippen molar-refractivity contribution in [3.8, 4) is 33.4 Å². The third kappa shape index (κ3) is 5.89. The second kappa shape index (κ2) is 16.2. The summed E-state index contributed by atoms with van der Waals surface area (Å²) < 4.78 is 20.7. The number of nitrogens with zero attached hydrogens (tertiary/aromatic N) is 1. The first-order chi connectivity index (χ1) is 36.2. The summed E-state index contributed by atoms with van der Waals surface area (Å²) in [5.41, 5.74) is 23.5. The number of aryl methyl sites for hydroxylation is 2. The first-order valence-electron chi connectivity index (χ1n) is 26.2. The van der Waals surface area contributed by atoms with Crippen LogP contribution < -0.4 is 4.90 Å². The summed E-state index contributed by atoms with van der Waals surface area (Å²) >= 11 is 0. The zero-order valence-corrected chi connectivity index (χ0v) is 41.0. The number of furan rings is 3. The molecule has 3 heterocycles. The van der Waals surface area contributed by atoms with Crippen LogP contribution in [0.15, 0.2) is 207 Å². The van der Waals surface area contributed by atoms with Gasteiger partial charge in [-0.15, -0.1) is 0 Å². The predicted octanol–water partition coefficient (Wildman–Crippen LogP) is 19.3. The van der Waals surface area contributed by atoms with Gasteiger partial charge < -0.3 is 18.2 Å². The zero-order valence-electron chi connectivity index (χ0n) is 41.0. The molecule has 8 aromatic carbocycles. The summed E-state index contributed by atoms with van der Waals surface area (Å²) in [6, 6.07) is 60.7. The van der Waals surface area contributed by atoms with Gasteiger partial charge in [0, 0.05) is 73.6 Å². The molecule has 0 N–H and O–H groups in total. The van der Waals surface area contributed by atoms with E-state index in [1.54, 1.807) is 0 Å². The summed E-state index contributed by atoms with van der Waals surface area (Å²) in [5.74, 6) is 2.14. The van der Waals surface area contributed by atoms with Gasteiger partial charge in [-0.3, -0.25) is 0 Å². The maximum atomic E-state index is 7.31. The van der Waals surface area contributed by atoms with Crippen LogP contribution in [-0.2, 0) is 18.3 Å². The van der Waals surface area contributed by atoms with E-state index in [1.807, 2.05) is 13.8 Å². The number of rotatable bonds is 5. The SMILES string of the molecule is C1=CC2=C(CC1)c1ccccc1C21c2ccccc2-c2cc3c(oc4ccccc43)c(N(c3ccc(-c4cccc5c6c(oc45)CCC=C6)cc3)c3ccc(-c4cccc5c6c(oc45)CCC=C6)cc3)c21.CC. The van der Waals surface area contributed by atoms with E-state index in [4.69, 9.17) is 13.3 Å². The van der Waals surface area contributed by atoms with Crippen molar-refractivity contribution in [2.75, 3.05) is 4.90 Å². The molecule has 0 radical (unpaired) electrons. The summed E-state index contributed by atoms with van der Waals surface area (Å²) in [6.07, 6.45) is 19.7. The van der Waals surface area contributed by atoms with E-state index in [-0.39, 0.29) is 0 Å². The van der Waals surface area contributed by atoms with E-state index in [9.17, 15) is 0 Å². The Balaban J connectivity index is 0.00000234. The number of benzene rings is 8. The van der Waals surface area contributed by atoms with Gasteiger partial charge in [0.1, 0.15) is 28.3 Å². The molecule has 1 atom stereocenters. The number of hydrogen-bond acceptors (Lipinski definition) is 4. The van der Waals surface area contributed by atoms with Gasteiger partial charge in [0.25, 0.3) is 0 Å². The average molecular weight is 942 g/mol. The molecule has 5 aliphatic carbocycles. The van der Waals surface area contributed by atoms with Gasteiger partial charge in [-0.05, 0) is 112 Å². The van der Waals surface area contributed by atoms with E-state index in [0.29, 0.717) is 0 Å². The number of allylic oxidation sites excluding steroid dienone is 6. The van der Waals surface area contributed by atoms with Gasteiger partial charge in [-0.1, -0.05) is 178 Å². The van der Waals surface area contributed by atoms with Gasteiger partial charge in [0.05, 0.1) is 11.1 Å². The second-order valence-corrected chi connectivity index (χ2v) is 19.9. The Labute approximate surface area is 424 Å². The molecule has 3 aromatic heterocycles. The molecule has 1 spiro atoms. The Bertz CT molecular complexity index is 4080. The molecule has 0 amide bonds. The van der Waals surface area contributed by atoms with Crippen molar-refractivity contribution < 1.29 is 13.3 Å². The Morgan fingerprint density at radius 2 is 0.945 bits per heavy atom. The average Bonchev–Trinajstić information content (AvgIpc) is 4.38. The molecule has 4 heteroatoms. The minimum atomic E-state index is -0.597. The van der Waals surface area contributed by atoms with Crippen LogP contribution in [-0.4, -0.2) is 0 Å². The molecule has 0 fully saturated rings. The van der Waals surface area contributed by atoms with Crippen molar-refractivity contribution in [2.45, 2.75) is 57.8 Å². The molecule has 4 nitrogen and oxygen atoms in total. The minimum Gasteiger partial charge on any atom is -0.460 e. The Hall–Kier alpha value is -8.60. The molecule has 0 saturated heterocycles. The Morgan fingerprint density at radius 3 is 1.59 bits per heavy atom. The predicted molar refractivity (Wildman–Crippen MR) is 302 cm³/mol. The van der Waals surface area contributed by atoms with E-state index in [0.717, 1.165) is 122 Å². The van der Waals surface area contributed by atoms with Crippen LogP contribution in [0.1, 0.15) is 84.4 Å². The largest absolute Gasteiger partial charge is 0.460 e. The summed E-state index contributed by atoms with van der Waals surface area (Å²) in [5, 5.41) is 4.54. The van der Waals surface area contributed by atoms with Crippen molar-refractivity contribution in [3.63, 3.8) is 0 Å². The third-order valence-corrected chi connectivity index (χ3v) is 16.3. The van der Waals surface area contributed by atoms with Gasteiger partial charge >= 0.3 is 0 Å². The highest BCUT2D eigenvalue weighted by molar-refractivity contribution is 6.16. The maximum Gasteiger partial charge on any atom is 0.159 e. The smallest absolute Gasteiger partial charge is 0.159 e. The van der Waals surface area contributed by atoms with Crippen molar-refractivity contribution in [1.29, 1.82) is 0 Å². The number of para-hydroxylation sites is 3. The fourth-order valence-electron chi connectivity index (χ4n) is 13.3. The topological polar surface area (TPSA) is 42.7 Å². The molecule has 11 aromatic rings. The van der Waals surface area contributed by atoms with E-state index in [1.165, 1.54) is 66.4 Å². The monoisotopic (exact) mass is 941 g/mol. The molecule has 1 unspecified atom stereocenters. The lowest BCUT2D eigenvalue weighted by Crippen LogP contribution is -2.29. The summed E-state index contributed by atoms with van der Waals surface area (Å²) in [4.78, 5) is 2.49. The fraction of sp³-hybridized carbons (Fsp3) is 0.130. The van der Waals surface area contributed by atoms with Crippen LogP contribution in [0.25, 0.3) is 95.0 Å². The highest BCUT2D eigenvalue weighted by Crippen LogP contribution is 2.67. The first-order valence-corrected chi connectivity index (χ1v) is 26.2. The Kier molecular flexibility index (Phi) is 9.35. The van der Waals surface area contributed by atoms with Gasteiger partial charge in [0.15, 0.2) is 5.58 Å². The minimum absolute atomic E-state index is 0.597. The molecular weight excluding hydrogens is 891 g/mol. The highest BCUT2D eigenvalue weighted by Gasteiger charge is 2.55. The molecule has 0 saturated carbocycles. The Morgan fingerprint density at radius 1 is 0.425 bits per heavy atom. The fourth-order valence-corrected chi connectivity index (χ4v) is 13.3. The zero-order chi connectivity index (χ0) is 48.4. The summed E-state index contributed by atoms with van der Waals surface area (Å²) in [7, 11) is 0. The molecule has 16 rings (SSSR count). The first kappa shape index (κ1) is 42.1. The van der Waals surface area contributed by atoms with Crippen LogP contribution in [0.3, 0.4) is 0 Å². The maximum absolute atomic E-state index is 7.31. The number of anilines is 3. The van der Waals surface area contributed by atoms with Crippen molar-refractivity contribution in [2.24, 2.45) is 0 Å². The molecular formula is C69H51NO3. The molecule has 0 aliphatic heterocycles. The van der Waals surface area contributed by atoms with Crippen LogP contribution in [0, 0.1) is 0 Å². The standard InChI is InChI=1S/C67H45NO3.C2H6/c1-7-25-56-46(15-1)47-16-2-8-26-57(47)67(56)58-27-9-3-17-48(58)54-39-55-51-20-6-12-30-61(51)71-66(55)63(62(54)67)68(42-35-31-40(32-36-42)44-21-13-23-52-49-18-4-10-28-59(49)69-64(44)52)43-37-33-41(34-38-43)45-22-14-24-53-50-19-5-11-29-60(50)70-65(45)53;1-2/h1,3-9,12-15,17-27,30-39H,2,10-11,16,28-29H2;1-2H3. The van der Waals surface area contributed by atoms with Crippen LogP contribution in [0.2, 0.25) is 0 Å². The van der Waals surface area contributed by atoms with E-state index >= 15 is 0 Å². The molecule has 73 heavy (non-hydrogen) atoms. The molecule has 0 bridgehead atoms. The third-order valence-electron chi connectivity index (χ3n) is 16.3. The van der Waals surface area contributed by atoms with Crippen molar-refractivity contribution in [1.82, 2.24) is 0 Å². The lowest BCUT2D eigenvalue weighted by atomic mass is 9.68. The van der Waals surface area contributed by atoms with Crippen LogP contribution in [0.5, 0.6) is 0 Å². The van der Waals surface area contributed by atoms with Gasteiger partial charge in [-0.2, -0.15) is 0 Å². The van der Waals surface area contributed by atoms with Crippen molar-refractivity contribution >= 4 is 78.7 Å². The quantitative estimate of drug-likeness (QED) is 0.172. The second-order valence-electron chi connectivity index (χ2n) is 19.9.